The van der Waals surface area contributed by atoms with E-state index in [9.17, 15) is 18.0 Å². The number of alkyl halides is 3. The maximum atomic E-state index is 12.6. The molecule has 2 aromatic rings. The van der Waals surface area contributed by atoms with E-state index in [4.69, 9.17) is 4.74 Å². The molecule has 0 radical (unpaired) electrons. The van der Waals surface area contributed by atoms with Crippen molar-refractivity contribution in [2.75, 3.05) is 36.5 Å². The zero-order chi connectivity index (χ0) is 20.9. The van der Waals surface area contributed by atoms with E-state index in [0.29, 0.717) is 0 Å². The van der Waals surface area contributed by atoms with Crippen LogP contribution in [0, 0.1) is 6.92 Å². The second-order valence-corrected chi connectivity index (χ2v) is 8.12. The van der Waals surface area contributed by atoms with Gasteiger partial charge in [-0.05, 0) is 48.4 Å². The lowest BCUT2D eigenvalue weighted by atomic mass is 10.1. The average molecular weight is 424 g/mol. The lowest BCUT2D eigenvalue weighted by Crippen LogP contribution is -2.32. The van der Waals surface area contributed by atoms with Gasteiger partial charge in [0.15, 0.2) is 6.61 Å². The van der Waals surface area contributed by atoms with Crippen molar-refractivity contribution in [2.45, 2.75) is 19.6 Å². The second kappa shape index (κ2) is 9.54. The first-order valence-electron chi connectivity index (χ1n) is 9.31. The Morgan fingerprint density at radius 1 is 1.14 bits per heavy atom. The molecule has 2 aromatic carbocycles. The summed E-state index contributed by atoms with van der Waals surface area (Å²) in [6.07, 6.45) is -4.40. The molecule has 1 fully saturated rings. The van der Waals surface area contributed by atoms with Gasteiger partial charge in [0.25, 0.3) is 5.91 Å². The van der Waals surface area contributed by atoms with E-state index in [-0.39, 0.29) is 18.3 Å². The maximum Gasteiger partial charge on any atom is 0.416 e. The van der Waals surface area contributed by atoms with E-state index < -0.39 is 11.7 Å². The Labute approximate surface area is 172 Å². The number of anilines is 1. The van der Waals surface area contributed by atoms with Crippen LogP contribution in [0.4, 0.5) is 18.9 Å². The lowest BCUT2D eigenvalue weighted by Gasteiger charge is -2.26. The maximum absolute atomic E-state index is 12.6. The highest BCUT2D eigenvalue weighted by atomic mass is 32.2. The number of hydrogen-bond donors (Lipinski definition) is 1. The molecule has 1 saturated heterocycles. The number of rotatable bonds is 6. The highest BCUT2D eigenvalue weighted by Crippen LogP contribution is 2.30. The number of amides is 1. The number of nitrogens with one attached hydrogen (secondary N) is 1. The number of hydrogen-bond acceptors (Lipinski definition) is 4. The lowest BCUT2D eigenvalue weighted by molar-refractivity contribution is -0.137. The molecule has 1 aliphatic heterocycles. The van der Waals surface area contributed by atoms with E-state index in [1.165, 1.54) is 12.1 Å². The minimum atomic E-state index is -4.40. The molecular formula is C21H23F3N2O2S. The van der Waals surface area contributed by atoms with Gasteiger partial charge in [0, 0.05) is 36.8 Å². The highest BCUT2D eigenvalue weighted by molar-refractivity contribution is 7.99. The Morgan fingerprint density at radius 2 is 1.83 bits per heavy atom. The number of nitrogens with zero attached hydrogens (tertiary/aromatic N) is 1. The van der Waals surface area contributed by atoms with Gasteiger partial charge in [-0.1, -0.05) is 12.1 Å². The molecule has 0 unspecified atom stereocenters. The van der Waals surface area contributed by atoms with Gasteiger partial charge in [-0.3, -0.25) is 9.69 Å². The summed E-state index contributed by atoms with van der Waals surface area (Å²) in [6.45, 7) is 4.58. The van der Waals surface area contributed by atoms with Crippen molar-refractivity contribution >= 4 is 23.4 Å². The smallest absolute Gasteiger partial charge is 0.416 e. The van der Waals surface area contributed by atoms with E-state index in [1.54, 1.807) is 0 Å². The van der Waals surface area contributed by atoms with Gasteiger partial charge in [-0.15, -0.1) is 0 Å². The normalized spacial score (nSPS) is 15.2. The number of thioether (sulfide) groups is 1. The number of halogens is 3. The molecule has 1 N–H and O–H groups in total. The summed E-state index contributed by atoms with van der Waals surface area (Å²) in [5.41, 5.74) is 2.02. The topological polar surface area (TPSA) is 41.6 Å². The largest absolute Gasteiger partial charge is 0.484 e. The summed E-state index contributed by atoms with van der Waals surface area (Å²) < 4.78 is 43.1. The minimum Gasteiger partial charge on any atom is -0.484 e. The van der Waals surface area contributed by atoms with Gasteiger partial charge >= 0.3 is 6.18 Å². The second-order valence-electron chi connectivity index (χ2n) is 6.90. The molecule has 0 bridgehead atoms. The Hall–Kier alpha value is -2.19. The van der Waals surface area contributed by atoms with E-state index in [0.717, 1.165) is 60.1 Å². The molecule has 1 aliphatic rings. The molecule has 0 aliphatic carbocycles. The summed E-state index contributed by atoms with van der Waals surface area (Å²) in [7, 11) is 0. The van der Waals surface area contributed by atoms with Gasteiger partial charge in [0.1, 0.15) is 5.75 Å². The summed E-state index contributed by atoms with van der Waals surface area (Å²) in [6, 6.07) is 10.3. The van der Waals surface area contributed by atoms with Crippen molar-refractivity contribution in [3.05, 3.63) is 59.2 Å². The Morgan fingerprint density at radius 3 is 2.48 bits per heavy atom. The first kappa shape index (κ1) is 21.5. The van der Waals surface area contributed by atoms with Crippen LogP contribution in [-0.2, 0) is 17.5 Å². The van der Waals surface area contributed by atoms with Crippen LogP contribution in [0.15, 0.2) is 42.5 Å². The SMILES string of the molecule is Cc1ccc(CN2CCSCC2)cc1NC(=O)COc1ccc(C(F)(F)F)cc1. The number of carbonyl (C=O) groups excluding carboxylic acids is 1. The fraction of sp³-hybridized carbons (Fsp3) is 0.381. The summed E-state index contributed by atoms with van der Waals surface area (Å²) >= 11 is 1.96. The van der Waals surface area contributed by atoms with Crippen LogP contribution in [-0.4, -0.2) is 42.0 Å². The van der Waals surface area contributed by atoms with Crippen LogP contribution in [0.25, 0.3) is 0 Å². The van der Waals surface area contributed by atoms with Gasteiger partial charge in [0.05, 0.1) is 5.56 Å². The Balaban J connectivity index is 1.55. The average Bonchev–Trinajstić information content (AvgIpc) is 2.69. The molecule has 3 rings (SSSR count). The monoisotopic (exact) mass is 424 g/mol. The molecule has 1 amide bonds. The molecule has 8 heteroatoms. The molecule has 1 heterocycles. The first-order chi connectivity index (χ1) is 13.8. The van der Waals surface area contributed by atoms with Crippen molar-refractivity contribution in [2.24, 2.45) is 0 Å². The zero-order valence-electron chi connectivity index (χ0n) is 16.1. The number of benzene rings is 2. The van der Waals surface area contributed by atoms with Crippen LogP contribution in [0.3, 0.4) is 0 Å². The molecule has 0 spiro atoms. The van der Waals surface area contributed by atoms with Gasteiger partial charge in [-0.2, -0.15) is 24.9 Å². The quantitative estimate of drug-likeness (QED) is 0.737. The van der Waals surface area contributed by atoms with E-state index in [1.807, 2.05) is 30.8 Å². The first-order valence-corrected chi connectivity index (χ1v) is 10.5. The van der Waals surface area contributed by atoms with E-state index >= 15 is 0 Å². The van der Waals surface area contributed by atoms with Crippen molar-refractivity contribution in [3.8, 4) is 5.75 Å². The summed E-state index contributed by atoms with van der Waals surface area (Å²) in [5.74, 6) is 2.12. The fourth-order valence-electron chi connectivity index (χ4n) is 2.99. The van der Waals surface area contributed by atoms with Gasteiger partial charge in [-0.25, -0.2) is 0 Å². The molecule has 0 saturated carbocycles. The van der Waals surface area contributed by atoms with Crippen molar-refractivity contribution in [3.63, 3.8) is 0 Å². The van der Waals surface area contributed by atoms with Crippen LogP contribution in [0.2, 0.25) is 0 Å². The third-order valence-electron chi connectivity index (χ3n) is 4.64. The molecular weight excluding hydrogens is 401 g/mol. The van der Waals surface area contributed by atoms with Crippen LogP contribution in [0.5, 0.6) is 5.75 Å². The number of aryl methyl sites for hydroxylation is 1. The Bertz CT molecular complexity index is 835. The van der Waals surface area contributed by atoms with E-state index in [2.05, 4.69) is 16.3 Å². The predicted octanol–water partition coefficient (Wildman–Crippen LogP) is 4.58. The molecule has 29 heavy (non-hydrogen) atoms. The van der Waals surface area contributed by atoms with Crippen molar-refractivity contribution < 1.29 is 22.7 Å². The molecule has 4 nitrogen and oxygen atoms in total. The van der Waals surface area contributed by atoms with Crippen molar-refractivity contribution in [1.29, 1.82) is 0 Å². The summed E-state index contributed by atoms with van der Waals surface area (Å²) in [4.78, 5) is 14.6. The highest BCUT2D eigenvalue weighted by Gasteiger charge is 2.30. The molecule has 156 valence electrons. The number of carbonyl (C=O) groups is 1. The predicted molar refractivity (Wildman–Crippen MR) is 109 cm³/mol. The third-order valence-corrected chi connectivity index (χ3v) is 5.58. The molecule has 0 aromatic heterocycles. The standard InChI is InChI=1S/C21H23F3N2O2S/c1-15-2-3-16(13-26-8-10-29-11-9-26)12-19(15)25-20(27)14-28-18-6-4-17(5-7-18)21(22,23)24/h2-7,12H,8-11,13-14H2,1H3,(H,25,27). The van der Waals surface area contributed by atoms with Crippen molar-refractivity contribution in [1.82, 2.24) is 4.90 Å². The Kier molecular flexibility index (Phi) is 7.08. The summed E-state index contributed by atoms with van der Waals surface area (Å²) in [5, 5.41) is 2.83. The minimum absolute atomic E-state index is 0.210. The third kappa shape index (κ3) is 6.40. The fourth-order valence-corrected chi connectivity index (χ4v) is 3.97. The molecule has 0 atom stereocenters. The van der Waals surface area contributed by atoms with Gasteiger partial charge < -0.3 is 10.1 Å². The van der Waals surface area contributed by atoms with Crippen LogP contribution in [0.1, 0.15) is 16.7 Å². The zero-order valence-corrected chi connectivity index (χ0v) is 16.9. The van der Waals surface area contributed by atoms with Crippen LogP contribution < -0.4 is 10.1 Å². The van der Waals surface area contributed by atoms with Gasteiger partial charge in [0.2, 0.25) is 0 Å². The number of ether oxygens (including phenoxy) is 1. The van der Waals surface area contributed by atoms with Crippen LogP contribution >= 0.6 is 11.8 Å².